The van der Waals surface area contributed by atoms with Gasteiger partial charge >= 0.3 is 0 Å². The molecule has 0 fully saturated rings. The maximum atomic E-state index is 12.4. The molecule has 1 aliphatic heterocycles. The number of phenols is 3. The number of hydrogen-bond donors (Lipinski definition) is 5. The number of phenolic OH excluding ortho intramolecular Hbond substituents is 3. The Morgan fingerprint density at radius 3 is 2.48 bits per heavy atom. The van der Waals surface area contributed by atoms with Gasteiger partial charge in [0.05, 0.1) is 12.2 Å². The highest BCUT2D eigenvalue weighted by atomic mass is 16.3. The number of rotatable bonds is 1. The molecule has 0 radical (unpaired) electrons. The average molecular weight is 291 g/mol. The maximum Gasteiger partial charge on any atom is 0.267 e. The van der Waals surface area contributed by atoms with Crippen molar-refractivity contribution in [1.82, 2.24) is 15.1 Å². The molecular weight excluding hydrogens is 278 g/mol. The summed E-state index contributed by atoms with van der Waals surface area (Å²) in [6, 6.07) is 2.18. The van der Waals surface area contributed by atoms with E-state index < -0.39 is 23.2 Å². The number of carbonyl (C=O) groups is 1. The number of aromatic amines is 2. The second-order valence-electron chi connectivity index (χ2n) is 4.88. The Hall–Kier alpha value is -2.90. The van der Waals surface area contributed by atoms with Crippen molar-refractivity contribution in [1.29, 1.82) is 0 Å². The van der Waals surface area contributed by atoms with Gasteiger partial charge in [0.25, 0.3) is 11.5 Å². The summed E-state index contributed by atoms with van der Waals surface area (Å²) >= 11 is 0. The zero-order chi connectivity index (χ0) is 15.1. The number of aromatic hydroxyl groups is 3. The van der Waals surface area contributed by atoms with E-state index in [1.54, 1.807) is 0 Å². The van der Waals surface area contributed by atoms with Crippen molar-refractivity contribution < 1.29 is 20.1 Å². The highest BCUT2D eigenvalue weighted by Crippen LogP contribution is 2.35. The molecule has 0 saturated heterocycles. The molecule has 2 aromatic rings. The van der Waals surface area contributed by atoms with Gasteiger partial charge in [0.1, 0.15) is 0 Å². The van der Waals surface area contributed by atoms with E-state index in [-0.39, 0.29) is 17.7 Å². The number of H-pyrrole nitrogens is 2. The third kappa shape index (κ3) is 2.10. The number of aromatic nitrogens is 2. The molecule has 110 valence electrons. The van der Waals surface area contributed by atoms with Crippen LogP contribution in [0.1, 0.15) is 21.6 Å². The summed E-state index contributed by atoms with van der Waals surface area (Å²) in [5.41, 5.74) is 1.16. The van der Waals surface area contributed by atoms with Crippen LogP contribution in [0.25, 0.3) is 0 Å². The molecule has 8 heteroatoms. The molecule has 21 heavy (non-hydrogen) atoms. The van der Waals surface area contributed by atoms with Crippen LogP contribution in [0.4, 0.5) is 0 Å². The van der Waals surface area contributed by atoms with Gasteiger partial charge < -0.3 is 25.3 Å². The molecule has 5 N–H and O–H groups in total. The van der Waals surface area contributed by atoms with Crippen LogP contribution in [0.15, 0.2) is 16.9 Å². The molecule has 3 rings (SSSR count). The molecule has 0 spiro atoms. The van der Waals surface area contributed by atoms with Crippen molar-refractivity contribution in [3.05, 3.63) is 39.3 Å². The standard InChI is InChI=1S/C13H13N3O5/c17-9-3-6(4-10(18)11(9)19)13(21)16-2-1-7-8(5-16)14-15-12(7)20/h3-4,17-19H,1-2,5H2,(H2,14,15,20). The van der Waals surface area contributed by atoms with Gasteiger partial charge in [0, 0.05) is 17.7 Å². The summed E-state index contributed by atoms with van der Waals surface area (Å²) < 4.78 is 0. The lowest BCUT2D eigenvalue weighted by atomic mass is 10.1. The minimum atomic E-state index is -0.664. The number of hydrogen-bond acceptors (Lipinski definition) is 5. The van der Waals surface area contributed by atoms with Crippen LogP contribution >= 0.6 is 0 Å². The number of benzene rings is 1. The molecule has 0 bridgehead atoms. The van der Waals surface area contributed by atoms with Crippen LogP contribution in [0.5, 0.6) is 17.2 Å². The van der Waals surface area contributed by atoms with Crippen LogP contribution in [-0.2, 0) is 13.0 Å². The van der Waals surface area contributed by atoms with Gasteiger partial charge in [-0.1, -0.05) is 0 Å². The Morgan fingerprint density at radius 2 is 1.81 bits per heavy atom. The summed E-state index contributed by atoms with van der Waals surface area (Å²) in [4.78, 5) is 25.3. The monoisotopic (exact) mass is 291 g/mol. The van der Waals surface area contributed by atoms with Gasteiger partial charge in [0.2, 0.25) is 0 Å². The Bertz CT molecular complexity index is 753. The van der Waals surface area contributed by atoms with E-state index in [9.17, 15) is 24.9 Å². The number of fused-ring (bicyclic) bond motifs is 1. The van der Waals surface area contributed by atoms with Crippen LogP contribution in [0, 0.1) is 0 Å². The highest BCUT2D eigenvalue weighted by molar-refractivity contribution is 5.95. The van der Waals surface area contributed by atoms with Gasteiger partial charge in [-0.25, -0.2) is 0 Å². The van der Waals surface area contributed by atoms with E-state index >= 15 is 0 Å². The van der Waals surface area contributed by atoms with Crippen molar-refractivity contribution in [2.75, 3.05) is 6.54 Å². The third-order valence-corrected chi connectivity index (χ3v) is 3.55. The molecule has 0 atom stereocenters. The van der Waals surface area contributed by atoms with Crippen molar-refractivity contribution in [2.45, 2.75) is 13.0 Å². The summed E-state index contributed by atoms with van der Waals surface area (Å²) in [6.07, 6.45) is 0.427. The first kappa shape index (κ1) is 13.1. The Labute approximate surface area is 118 Å². The Morgan fingerprint density at radius 1 is 1.14 bits per heavy atom. The topological polar surface area (TPSA) is 130 Å². The van der Waals surface area contributed by atoms with E-state index in [0.717, 1.165) is 12.1 Å². The van der Waals surface area contributed by atoms with E-state index in [1.165, 1.54) is 4.90 Å². The van der Waals surface area contributed by atoms with Gasteiger partial charge in [-0.15, -0.1) is 0 Å². The predicted molar refractivity (Wildman–Crippen MR) is 71.3 cm³/mol. The third-order valence-electron chi connectivity index (χ3n) is 3.55. The molecule has 8 nitrogen and oxygen atoms in total. The fraction of sp³-hybridized carbons (Fsp3) is 0.231. The summed E-state index contributed by atoms with van der Waals surface area (Å²) in [6.45, 7) is 0.588. The zero-order valence-electron chi connectivity index (χ0n) is 10.9. The van der Waals surface area contributed by atoms with Gasteiger partial charge in [-0.2, -0.15) is 0 Å². The quantitative estimate of drug-likeness (QED) is 0.473. The van der Waals surface area contributed by atoms with Crippen molar-refractivity contribution in [3.63, 3.8) is 0 Å². The Kier molecular flexibility index (Phi) is 2.86. The number of nitrogens with one attached hydrogen (secondary N) is 2. The first-order chi connectivity index (χ1) is 9.97. The lowest BCUT2D eigenvalue weighted by molar-refractivity contribution is 0.0731. The minimum Gasteiger partial charge on any atom is -0.504 e. The van der Waals surface area contributed by atoms with Crippen LogP contribution < -0.4 is 5.56 Å². The lowest BCUT2D eigenvalue weighted by Gasteiger charge is -2.26. The number of carbonyl (C=O) groups excluding carboxylic acids is 1. The summed E-state index contributed by atoms with van der Waals surface area (Å²) in [5.74, 6) is -2.20. The predicted octanol–water partition coefficient (Wildman–Crippen LogP) is 0.0183. The van der Waals surface area contributed by atoms with Crippen molar-refractivity contribution in [3.8, 4) is 17.2 Å². The highest BCUT2D eigenvalue weighted by Gasteiger charge is 2.25. The lowest BCUT2D eigenvalue weighted by Crippen LogP contribution is -2.36. The maximum absolute atomic E-state index is 12.4. The van der Waals surface area contributed by atoms with E-state index in [0.29, 0.717) is 24.2 Å². The molecule has 1 aromatic carbocycles. The van der Waals surface area contributed by atoms with E-state index in [2.05, 4.69) is 10.2 Å². The Balaban J connectivity index is 1.89. The van der Waals surface area contributed by atoms with E-state index in [4.69, 9.17) is 0 Å². The number of nitrogens with zero attached hydrogens (tertiary/aromatic N) is 1. The smallest absolute Gasteiger partial charge is 0.267 e. The first-order valence-corrected chi connectivity index (χ1v) is 6.30. The molecule has 1 aromatic heterocycles. The van der Waals surface area contributed by atoms with Crippen LogP contribution in [0.3, 0.4) is 0 Å². The molecule has 1 aliphatic rings. The van der Waals surface area contributed by atoms with Crippen molar-refractivity contribution in [2.24, 2.45) is 0 Å². The molecule has 0 unspecified atom stereocenters. The van der Waals surface area contributed by atoms with Gasteiger partial charge in [0.15, 0.2) is 17.2 Å². The van der Waals surface area contributed by atoms with Gasteiger partial charge in [-0.05, 0) is 18.6 Å². The van der Waals surface area contributed by atoms with E-state index in [1.807, 2.05) is 0 Å². The fourth-order valence-corrected chi connectivity index (χ4v) is 2.42. The van der Waals surface area contributed by atoms with Crippen LogP contribution in [0.2, 0.25) is 0 Å². The molecule has 0 aliphatic carbocycles. The molecular formula is C13H13N3O5. The second kappa shape index (κ2) is 4.58. The normalized spacial score (nSPS) is 14.0. The van der Waals surface area contributed by atoms with Gasteiger partial charge in [-0.3, -0.25) is 14.7 Å². The molecule has 2 heterocycles. The first-order valence-electron chi connectivity index (χ1n) is 6.30. The summed E-state index contributed by atoms with van der Waals surface area (Å²) in [5, 5.41) is 33.4. The van der Waals surface area contributed by atoms with Crippen molar-refractivity contribution >= 4 is 5.91 Å². The minimum absolute atomic E-state index is 0.0594. The average Bonchev–Trinajstić information content (AvgIpc) is 2.84. The molecule has 1 amide bonds. The fourth-order valence-electron chi connectivity index (χ4n) is 2.42. The summed E-state index contributed by atoms with van der Waals surface area (Å²) in [7, 11) is 0. The number of amides is 1. The second-order valence-corrected chi connectivity index (χ2v) is 4.88. The largest absolute Gasteiger partial charge is 0.504 e. The zero-order valence-corrected chi connectivity index (χ0v) is 10.9. The molecule has 0 saturated carbocycles. The SMILES string of the molecule is O=C(c1cc(O)c(O)c(O)c1)N1CCc2c([nH][nH]c2=O)C1. The van der Waals surface area contributed by atoms with Crippen LogP contribution in [-0.4, -0.2) is 42.9 Å².